The topological polar surface area (TPSA) is 50.2 Å². The second-order valence-electron chi connectivity index (χ2n) is 7.44. The summed E-state index contributed by atoms with van der Waals surface area (Å²) in [6.07, 6.45) is 7.51. The Morgan fingerprint density at radius 2 is 2.16 bits per heavy atom. The van der Waals surface area contributed by atoms with Gasteiger partial charge in [-0.2, -0.15) is 5.10 Å². The van der Waals surface area contributed by atoms with Gasteiger partial charge in [0.2, 0.25) is 5.91 Å². The molecule has 0 unspecified atom stereocenters. The first-order valence-corrected chi connectivity index (χ1v) is 9.26. The van der Waals surface area contributed by atoms with Crippen molar-refractivity contribution in [2.45, 2.75) is 38.1 Å². The lowest BCUT2D eigenvalue weighted by Crippen LogP contribution is -2.51. The highest BCUT2D eigenvalue weighted by atomic mass is 16.2. The largest absolute Gasteiger partial charge is 0.354 e. The van der Waals surface area contributed by atoms with E-state index < -0.39 is 0 Å². The predicted octanol–water partition coefficient (Wildman–Crippen LogP) is 2.28. The Morgan fingerprint density at radius 3 is 2.96 bits per heavy atom. The van der Waals surface area contributed by atoms with Crippen LogP contribution in [0.25, 0.3) is 0 Å². The number of aromatic nitrogens is 2. The van der Waals surface area contributed by atoms with Crippen LogP contribution in [0.2, 0.25) is 0 Å². The second kappa shape index (κ2) is 7.00. The van der Waals surface area contributed by atoms with Gasteiger partial charge in [-0.1, -0.05) is 24.3 Å². The zero-order chi connectivity index (χ0) is 17.2. The van der Waals surface area contributed by atoms with Crippen molar-refractivity contribution in [3.63, 3.8) is 0 Å². The third-order valence-electron chi connectivity index (χ3n) is 5.45. The van der Waals surface area contributed by atoms with E-state index in [1.165, 1.54) is 36.0 Å². The molecule has 1 atom stereocenters. The number of amides is 1. The fraction of sp³-hybridized carbons (Fsp3) is 0.500. The molecule has 2 heterocycles. The van der Waals surface area contributed by atoms with Crippen molar-refractivity contribution < 1.29 is 4.79 Å². The Labute approximate surface area is 149 Å². The van der Waals surface area contributed by atoms with Crippen molar-refractivity contribution in [3.05, 3.63) is 53.3 Å². The van der Waals surface area contributed by atoms with Gasteiger partial charge >= 0.3 is 0 Å². The average molecular weight is 338 g/mol. The van der Waals surface area contributed by atoms with Gasteiger partial charge in [0.05, 0.1) is 18.8 Å². The molecule has 1 aromatic carbocycles. The molecule has 0 bridgehead atoms. The molecule has 0 spiro atoms. The predicted molar refractivity (Wildman–Crippen MR) is 97.6 cm³/mol. The molecular formula is C20H26N4O. The zero-order valence-corrected chi connectivity index (χ0v) is 14.8. The molecule has 0 saturated carbocycles. The molecule has 1 aromatic heterocycles. The molecule has 5 nitrogen and oxygen atoms in total. The minimum Gasteiger partial charge on any atom is -0.354 e. The lowest BCUT2D eigenvalue weighted by atomic mass is 9.83. The van der Waals surface area contributed by atoms with E-state index in [9.17, 15) is 4.79 Å². The number of rotatable bonds is 5. The van der Waals surface area contributed by atoms with Crippen LogP contribution in [0.4, 0.5) is 0 Å². The van der Waals surface area contributed by atoms with E-state index in [0.29, 0.717) is 18.5 Å². The smallest absolute Gasteiger partial charge is 0.234 e. The molecule has 132 valence electrons. The number of likely N-dealkylation sites (tertiary alicyclic amines) is 1. The van der Waals surface area contributed by atoms with Crippen LogP contribution in [0.15, 0.2) is 36.7 Å². The van der Waals surface area contributed by atoms with Gasteiger partial charge in [0.15, 0.2) is 0 Å². The molecule has 1 amide bonds. The molecule has 1 aliphatic heterocycles. The number of nitrogens with zero attached hydrogens (tertiary/aromatic N) is 3. The highest BCUT2D eigenvalue weighted by Crippen LogP contribution is 2.30. The van der Waals surface area contributed by atoms with Crippen molar-refractivity contribution in [1.29, 1.82) is 0 Å². The fourth-order valence-electron chi connectivity index (χ4n) is 4.03. The van der Waals surface area contributed by atoms with Crippen molar-refractivity contribution in [3.8, 4) is 0 Å². The van der Waals surface area contributed by atoms with Crippen molar-refractivity contribution in [2.75, 3.05) is 26.2 Å². The summed E-state index contributed by atoms with van der Waals surface area (Å²) in [5, 5.41) is 7.51. The summed E-state index contributed by atoms with van der Waals surface area (Å²) in [4.78, 5) is 14.5. The number of carbonyl (C=O) groups is 1. The number of benzene rings is 1. The number of fused-ring (bicyclic) bond motifs is 1. The monoisotopic (exact) mass is 338 g/mol. The van der Waals surface area contributed by atoms with E-state index >= 15 is 0 Å². The van der Waals surface area contributed by atoms with Gasteiger partial charge in [0, 0.05) is 31.7 Å². The molecule has 1 N–H and O–H groups in total. The minimum absolute atomic E-state index is 0.137. The van der Waals surface area contributed by atoms with Crippen LogP contribution < -0.4 is 5.32 Å². The number of hydrogen-bond donors (Lipinski definition) is 1. The molecule has 5 heteroatoms. The molecular weight excluding hydrogens is 312 g/mol. The third-order valence-corrected chi connectivity index (χ3v) is 5.45. The van der Waals surface area contributed by atoms with Gasteiger partial charge in [-0.3, -0.25) is 14.4 Å². The summed E-state index contributed by atoms with van der Waals surface area (Å²) in [5.74, 6) is 0.600. The summed E-state index contributed by atoms with van der Waals surface area (Å²) in [7, 11) is 0. The number of aryl methyl sites for hydroxylation is 2. The standard InChI is InChI=1S/C20H26N4O/c1-15-9-22-24(11-15)18-12-23(13-18)14-20(25)21-10-17-7-4-6-16-5-2-3-8-19(16)17/h2-3,5,8-9,11,17-18H,4,6-7,10,12-14H2,1H3,(H,21,25)/t17-/m0/s1. The van der Waals surface area contributed by atoms with E-state index in [1.54, 1.807) is 0 Å². The van der Waals surface area contributed by atoms with Gasteiger partial charge in [-0.25, -0.2) is 0 Å². The third kappa shape index (κ3) is 3.61. The van der Waals surface area contributed by atoms with Crippen LogP contribution in [-0.2, 0) is 11.2 Å². The molecule has 1 aliphatic carbocycles. The Hall–Kier alpha value is -2.14. The molecule has 2 aliphatic rings. The van der Waals surface area contributed by atoms with Crippen LogP contribution >= 0.6 is 0 Å². The maximum absolute atomic E-state index is 12.3. The van der Waals surface area contributed by atoms with E-state index in [4.69, 9.17) is 0 Å². The van der Waals surface area contributed by atoms with Crippen molar-refractivity contribution in [1.82, 2.24) is 20.0 Å². The zero-order valence-electron chi connectivity index (χ0n) is 14.8. The first-order chi connectivity index (χ1) is 12.2. The molecule has 4 rings (SSSR count). The van der Waals surface area contributed by atoms with Crippen LogP contribution in [0.5, 0.6) is 0 Å². The normalized spacial score (nSPS) is 20.8. The minimum atomic E-state index is 0.137. The Morgan fingerprint density at radius 1 is 1.32 bits per heavy atom. The number of nitrogens with one attached hydrogen (secondary N) is 1. The van der Waals surface area contributed by atoms with Crippen LogP contribution in [-0.4, -0.2) is 46.8 Å². The Bertz CT molecular complexity index is 748. The van der Waals surface area contributed by atoms with Gasteiger partial charge in [-0.15, -0.1) is 0 Å². The lowest BCUT2D eigenvalue weighted by Gasteiger charge is -2.38. The van der Waals surface area contributed by atoms with Crippen LogP contribution in [0, 0.1) is 6.92 Å². The molecule has 25 heavy (non-hydrogen) atoms. The maximum Gasteiger partial charge on any atom is 0.234 e. The van der Waals surface area contributed by atoms with Crippen molar-refractivity contribution >= 4 is 5.91 Å². The van der Waals surface area contributed by atoms with E-state index in [0.717, 1.165) is 19.6 Å². The van der Waals surface area contributed by atoms with Gasteiger partial charge in [0.25, 0.3) is 0 Å². The van der Waals surface area contributed by atoms with E-state index in [-0.39, 0.29) is 5.91 Å². The molecule has 2 aromatic rings. The Balaban J connectivity index is 1.23. The van der Waals surface area contributed by atoms with Crippen molar-refractivity contribution in [2.24, 2.45) is 0 Å². The molecule has 1 fully saturated rings. The van der Waals surface area contributed by atoms with E-state index in [1.807, 2.05) is 10.9 Å². The van der Waals surface area contributed by atoms with Gasteiger partial charge in [-0.05, 0) is 42.9 Å². The first-order valence-electron chi connectivity index (χ1n) is 9.26. The van der Waals surface area contributed by atoms with Gasteiger partial charge < -0.3 is 5.32 Å². The number of hydrogen-bond acceptors (Lipinski definition) is 3. The lowest BCUT2D eigenvalue weighted by molar-refractivity contribution is -0.123. The quantitative estimate of drug-likeness (QED) is 0.910. The molecule has 0 radical (unpaired) electrons. The summed E-state index contributed by atoms with van der Waals surface area (Å²) in [5.41, 5.74) is 4.06. The second-order valence-corrected chi connectivity index (χ2v) is 7.44. The fourth-order valence-corrected chi connectivity index (χ4v) is 4.03. The number of carbonyl (C=O) groups excluding carboxylic acids is 1. The van der Waals surface area contributed by atoms with E-state index in [2.05, 4.69) is 52.7 Å². The summed E-state index contributed by atoms with van der Waals surface area (Å²) >= 11 is 0. The highest BCUT2D eigenvalue weighted by molar-refractivity contribution is 5.78. The summed E-state index contributed by atoms with van der Waals surface area (Å²) in [6, 6.07) is 9.07. The summed E-state index contributed by atoms with van der Waals surface area (Å²) in [6.45, 7) is 5.11. The van der Waals surface area contributed by atoms with Gasteiger partial charge in [0.1, 0.15) is 0 Å². The first kappa shape index (κ1) is 16.3. The average Bonchev–Trinajstić information content (AvgIpc) is 3.01. The van der Waals surface area contributed by atoms with Crippen LogP contribution in [0.1, 0.15) is 41.5 Å². The molecule has 1 saturated heterocycles. The highest BCUT2D eigenvalue weighted by Gasteiger charge is 2.30. The SMILES string of the molecule is Cc1cnn(C2CN(CC(=O)NC[C@@H]3CCCc4ccccc43)C2)c1. The summed E-state index contributed by atoms with van der Waals surface area (Å²) < 4.78 is 2.02. The Kier molecular flexibility index (Phi) is 4.57. The van der Waals surface area contributed by atoms with Crippen LogP contribution in [0.3, 0.4) is 0 Å². The maximum atomic E-state index is 12.3.